The summed E-state index contributed by atoms with van der Waals surface area (Å²) < 4.78 is 2.20. The summed E-state index contributed by atoms with van der Waals surface area (Å²) in [6.07, 6.45) is 4.06. The molecular weight excluding hydrogens is 368 g/mol. The first-order chi connectivity index (χ1) is 14.8. The number of benzene rings is 3. The number of nitrogens with zero attached hydrogens (tertiary/aromatic N) is 3. The summed E-state index contributed by atoms with van der Waals surface area (Å²) in [4.78, 5) is 7.53. The molecule has 1 aliphatic rings. The van der Waals surface area contributed by atoms with E-state index in [0.29, 0.717) is 0 Å². The number of likely N-dealkylation sites (tertiary alicyclic amines) is 1. The Balaban J connectivity index is 1.48. The van der Waals surface area contributed by atoms with Crippen LogP contribution in [0.4, 0.5) is 5.69 Å². The van der Waals surface area contributed by atoms with E-state index in [9.17, 15) is 0 Å². The van der Waals surface area contributed by atoms with E-state index < -0.39 is 0 Å². The van der Waals surface area contributed by atoms with Gasteiger partial charge >= 0.3 is 0 Å². The van der Waals surface area contributed by atoms with Gasteiger partial charge in [0.2, 0.25) is 0 Å². The Hall–Kier alpha value is -3.11. The Kier molecular flexibility index (Phi) is 4.13. The quantitative estimate of drug-likeness (QED) is 0.474. The first kappa shape index (κ1) is 17.7. The molecule has 1 aliphatic heterocycles. The predicted molar refractivity (Wildman–Crippen MR) is 127 cm³/mol. The molecule has 0 amide bonds. The number of anilines is 1. The van der Waals surface area contributed by atoms with Crippen LogP contribution in [0.3, 0.4) is 0 Å². The van der Waals surface area contributed by atoms with Gasteiger partial charge in [-0.2, -0.15) is 0 Å². The van der Waals surface area contributed by atoms with E-state index in [-0.39, 0.29) is 0 Å². The van der Waals surface area contributed by atoms with Crippen LogP contribution in [0.5, 0.6) is 0 Å². The van der Waals surface area contributed by atoms with Crippen molar-refractivity contribution in [2.45, 2.75) is 19.3 Å². The lowest BCUT2D eigenvalue weighted by Gasteiger charge is -2.26. The standard InChI is InChI=1S/C26H26N4/c1-18-19-8-7-9-20-22(27-14-17-29-15-5-2-6-16-29)13-12-21(25(19)20)26-28-23-10-3-4-11-24(23)30(18)26/h3-4,7-13,27H,1-2,5-6,14-17H2. The van der Waals surface area contributed by atoms with E-state index in [1.54, 1.807) is 0 Å². The fraction of sp³-hybridized carbons (Fsp3) is 0.269. The van der Waals surface area contributed by atoms with Crippen LogP contribution in [0.15, 0.2) is 54.6 Å². The highest BCUT2D eigenvalue weighted by Gasteiger charge is 2.15. The normalized spacial score (nSPS) is 15.6. The second kappa shape index (κ2) is 6.99. The van der Waals surface area contributed by atoms with E-state index >= 15 is 0 Å². The van der Waals surface area contributed by atoms with Crippen molar-refractivity contribution in [3.63, 3.8) is 0 Å². The number of rotatable bonds is 4. The van der Waals surface area contributed by atoms with Gasteiger partial charge in [-0.3, -0.25) is 4.40 Å². The molecule has 0 radical (unpaired) electrons. The lowest BCUT2D eigenvalue weighted by atomic mass is 10.0. The van der Waals surface area contributed by atoms with Crippen molar-refractivity contribution in [1.82, 2.24) is 14.3 Å². The van der Waals surface area contributed by atoms with Crippen LogP contribution in [-0.2, 0) is 0 Å². The van der Waals surface area contributed by atoms with Crippen LogP contribution in [0, 0.1) is 0 Å². The minimum Gasteiger partial charge on any atom is -0.383 e. The molecule has 3 aromatic carbocycles. The molecule has 0 bridgehead atoms. The fourth-order valence-corrected chi connectivity index (χ4v) is 5.12. The van der Waals surface area contributed by atoms with Gasteiger partial charge in [-0.05, 0) is 50.2 Å². The summed E-state index contributed by atoms with van der Waals surface area (Å²) in [6.45, 7) is 9.00. The molecular formula is C26H26N4. The molecule has 1 saturated heterocycles. The van der Waals surface area contributed by atoms with Gasteiger partial charge in [-0.25, -0.2) is 4.98 Å². The largest absolute Gasteiger partial charge is 0.383 e. The number of hydrogen-bond donors (Lipinski definition) is 1. The summed E-state index contributed by atoms with van der Waals surface area (Å²) in [5, 5.41) is 9.60. The topological polar surface area (TPSA) is 32.6 Å². The summed E-state index contributed by atoms with van der Waals surface area (Å²) in [7, 11) is 0. The minimum absolute atomic E-state index is 0.970. The number of aromatic nitrogens is 2. The molecule has 3 heterocycles. The third kappa shape index (κ3) is 2.67. The van der Waals surface area contributed by atoms with Gasteiger partial charge in [0.1, 0.15) is 5.65 Å². The number of nitrogens with one attached hydrogen (secondary N) is 1. The number of piperidine rings is 1. The third-order valence-electron chi connectivity index (χ3n) is 6.62. The Labute approximate surface area is 175 Å². The Morgan fingerprint density at radius 3 is 2.60 bits per heavy atom. The maximum absolute atomic E-state index is 4.96. The number of pyridine rings is 1. The summed E-state index contributed by atoms with van der Waals surface area (Å²) in [5.74, 6) is 0. The number of imidazole rings is 1. The lowest BCUT2D eigenvalue weighted by molar-refractivity contribution is 0.237. The second-order valence-corrected chi connectivity index (χ2v) is 8.42. The minimum atomic E-state index is 0.970. The average molecular weight is 395 g/mol. The van der Waals surface area contributed by atoms with Crippen molar-refractivity contribution in [2.24, 2.45) is 0 Å². The highest BCUT2D eigenvalue weighted by atomic mass is 15.1. The maximum atomic E-state index is 4.96. The molecule has 5 aromatic rings. The predicted octanol–water partition coefficient (Wildman–Crippen LogP) is 4.82. The van der Waals surface area contributed by atoms with Gasteiger partial charge in [0, 0.05) is 45.7 Å². The van der Waals surface area contributed by atoms with Crippen LogP contribution in [0.2, 0.25) is 0 Å². The van der Waals surface area contributed by atoms with Crippen LogP contribution in [-0.4, -0.2) is 40.5 Å². The molecule has 1 N–H and O–H groups in total. The van der Waals surface area contributed by atoms with E-state index in [1.807, 2.05) is 6.07 Å². The van der Waals surface area contributed by atoms with Crippen molar-refractivity contribution in [3.05, 3.63) is 59.9 Å². The molecule has 6 rings (SSSR count). The van der Waals surface area contributed by atoms with Gasteiger partial charge in [-0.1, -0.05) is 43.3 Å². The smallest absolute Gasteiger partial charge is 0.146 e. The van der Waals surface area contributed by atoms with Crippen molar-refractivity contribution >= 4 is 50.5 Å². The molecule has 150 valence electrons. The second-order valence-electron chi connectivity index (χ2n) is 8.42. The number of fused-ring (bicyclic) bond motifs is 4. The van der Waals surface area contributed by atoms with Crippen molar-refractivity contribution in [3.8, 4) is 0 Å². The zero-order chi connectivity index (χ0) is 20.1. The van der Waals surface area contributed by atoms with Crippen LogP contribution in [0.25, 0.3) is 44.8 Å². The van der Waals surface area contributed by atoms with Gasteiger partial charge in [0.15, 0.2) is 0 Å². The zero-order valence-electron chi connectivity index (χ0n) is 17.2. The maximum Gasteiger partial charge on any atom is 0.146 e. The Morgan fingerprint density at radius 2 is 1.70 bits per heavy atom. The molecule has 0 saturated carbocycles. The van der Waals surface area contributed by atoms with E-state index in [2.05, 4.69) is 69.7 Å². The monoisotopic (exact) mass is 394 g/mol. The van der Waals surface area contributed by atoms with Crippen molar-refractivity contribution in [2.75, 3.05) is 31.5 Å². The first-order valence-corrected chi connectivity index (χ1v) is 11.0. The van der Waals surface area contributed by atoms with Crippen LogP contribution in [0.1, 0.15) is 19.3 Å². The van der Waals surface area contributed by atoms with Gasteiger partial charge in [0.05, 0.1) is 11.0 Å². The Bertz CT molecular complexity index is 1430. The lowest BCUT2D eigenvalue weighted by Crippen LogP contribution is -2.33. The van der Waals surface area contributed by atoms with Gasteiger partial charge in [0.25, 0.3) is 0 Å². The average Bonchev–Trinajstić information content (AvgIpc) is 3.18. The molecule has 0 atom stereocenters. The van der Waals surface area contributed by atoms with E-state index in [0.717, 1.165) is 35.1 Å². The molecule has 0 unspecified atom stereocenters. The number of hydrogen-bond acceptors (Lipinski definition) is 3. The van der Waals surface area contributed by atoms with Crippen LogP contribution < -0.4 is 10.7 Å². The van der Waals surface area contributed by atoms with Gasteiger partial charge in [-0.15, -0.1) is 0 Å². The molecule has 1 fully saturated rings. The summed E-state index contributed by atoms with van der Waals surface area (Å²) in [5.41, 5.74) is 4.32. The molecule has 0 aliphatic carbocycles. The SMILES string of the molecule is C=c1c2cccc3c(NCCN4CCCCC4)ccc(c32)c2nc3ccccc3n12. The summed E-state index contributed by atoms with van der Waals surface area (Å²) >= 11 is 0. The van der Waals surface area contributed by atoms with Crippen molar-refractivity contribution < 1.29 is 0 Å². The summed E-state index contributed by atoms with van der Waals surface area (Å²) in [6, 6.07) is 19.3. The van der Waals surface area contributed by atoms with E-state index in [4.69, 9.17) is 4.98 Å². The molecule has 2 aromatic heterocycles. The highest BCUT2D eigenvalue weighted by molar-refractivity contribution is 6.18. The number of para-hydroxylation sites is 2. The van der Waals surface area contributed by atoms with E-state index in [1.165, 1.54) is 59.6 Å². The zero-order valence-corrected chi connectivity index (χ0v) is 17.2. The molecule has 30 heavy (non-hydrogen) atoms. The highest BCUT2D eigenvalue weighted by Crippen LogP contribution is 2.33. The molecule has 4 nitrogen and oxygen atoms in total. The fourth-order valence-electron chi connectivity index (χ4n) is 5.12. The van der Waals surface area contributed by atoms with Crippen LogP contribution >= 0.6 is 0 Å². The van der Waals surface area contributed by atoms with Crippen molar-refractivity contribution in [1.29, 1.82) is 0 Å². The Morgan fingerprint density at radius 1 is 0.867 bits per heavy atom. The molecule has 0 spiro atoms. The first-order valence-electron chi connectivity index (χ1n) is 11.0. The third-order valence-corrected chi connectivity index (χ3v) is 6.62. The molecule has 4 heteroatoms. The van der Waals surface area contributed by atoms with Gasteiger partial charge < -0.3 is 10.2 Å².